The second-order valence-electron chi connectivity index (χ2n) is 9.81. The van der Waals surface area contributed by atoms with E-state index in [0.717, 1.165) is 18.7 Å². The number of dihydropyridines is 1. The van der Waals surface area contributed by atoms with E-state index in [0.29, 0.717) is 38.1 Å². The first kappa shape index (κ1) is 24.7. The summed E-state index contributed by atoms with van der Waals surface area (Å²) in [6.07, 6.45) is 2.96. The number of hydrogen-bond donors (Lipinski definition) is 2. The average molecular weight is 507 g/mol. The third-order valence-electron chi connectivity index (χ3n) is 6.92. The number of carboxylic acids is 1. The molecule has 11 heteroatoms. The number of hydrogen-bond acceptors (Lipinski definition) is 7. The molecule has 1 spiro atoms. The van der Waals surface area contributed by atoms with Crippen molar-refractivity contribution in [3.05, 3.63) is 64.9 Å². The minimum absolute atomic E-state index is 0.00886. The zero-order valence-electron chi connectivity index (χ0n) is 20.1. The van der Waals surface area contributed by atoms with Gasteiger partial charge in [0, 0.05) is 51.2 Å². The second-order valence-corrected chi connectivity index (χ2v) is 9.81. The highest BCUT2D eigenvalue weighted by Gasteiger charge is 2.45. The number of ether oxygens (including phenoxy) is 2. The molecule has 4 aliphatic rings. The fourth-order valence-electron chi connectivity index (χ4n) is 5.22. The molecule has 4 aliphatic heterocycles. The summed E-state index contributed by atoms with van der Waals surface area (Å²) in [5.74, 6) is -3.76. The van der Waals surface area contributed by atoms with Gasteiger partial charge in [0.05, 0.1) is 24.0 Å². The minimum Gasteiger partial charge on any atom is -0.478 e. The number of fused-ring (bicyclic) bond motifs is 1. The second kappa shape index (κ2) is 9.45. The number of likely N-dealkylation sites (tertiary alicyclic amines) is 1. The highest BCUT2D eigenvalue weighted by molar-refractivity contribution is 5.88. The van der Waals surface area contributed by atoms with E-state index >= 15 is 4.39 Å². The fourth-order valence-corrected chi connectivity index (χ4v) is 5.22. The van der Waals surface area contributed by atoms with Crippen molar-refractivity contribution in [2.45, 2.75) is 37.3 Å². The van der Waals surface area contributed by atoms with Crippen molar-refractivity contribution in [1.82, 2.24) is 15.1 Å². The first-order valence-electron chi connectivity index (χ1n) is 11.9. The molecule has 0 aromatic heterocycles. The summed E-state index contributed by atoms with van der Waals surface area (Å²) in [4.78, 5) is 17.0. The van der Waals surface area contributed by atoms with Gasteiger partial charge >= 0.3 is 5.97 Å². The predicted octanol–water partition coefficient (Wildman–Crippen LogP) is 2.91. The quantitative estimate of drug-likeness (QED) is 0.632. The smallest absolute Gasteiger partial charge is 0.333 e. The predicted molar refractivity (Wildman–Crippen MR) is 125 cm³/mol. The van der Waals surface area contributed by atoms with Gasteiger partial charge in [0.2, 0.25) is 0 Å². The van der Waals surface area contributed by atoms with Gasteiger partial charge in [0.25, 0.3) is 0 Å². The van der Waals surface area contributed by atoms with Crippen molar-refractivity contribution in [2.75, 3.05) is 45.2 Å². The standard InChI is InChI=1S/C25H29F3N4O4/c1-30(2)13-18-14-35-25(36-18)5-7-31(8-6-25)23-20(28)10-15-9-16(24(33)34)12-32(22(15)29-23)21-4-3-17(26)11-19(21)27/h3-4,10-12,18,22,29H,5-9,13-14H2,1-2H3,(H,33,34). The van der Waals surface area contributed by atoms with E-state index in [1.54, 1.807) is 0 Å². The number of nitrogens with zero attached hydrogens (tertiary/aromatic N) is 3. The number of likely N-dealkylation sites (N-methyl/N-ethyl adjacent to an activating group) is 1. The van der Waals surface area contributed by atoms with Crippen molar-refractivity contribution in [1.29, 1.82) is 0 Å². The van der Waals surface area contributed by atoms with Crippen LogP contribution in [0.4, 0.5) is 18.9 Å². The van der Waals surface area contributed by atoms with E-state index in [1.807, 2.05) is 23.9 Å². The molecule has 4 heterocycles. The molecule has 2 unspecified atom stereocenters. The van der Waals surface area contributed by atoms with E-state index < -0.39 is 35.4 Å². The van der Waals surface area contributed by atoms with Crippen LogP contribution in [0.15, 0.2) is 53.3 Å². The van der Waals surface area contributed by atoms with Crippen LogP contribution in [0, 0.1) is 11.6 Å². The van der Waals surface area contributed by atoms with Gasteiger partial charge in [-0.3, -0.25) is 0 Å². The number of allylic oxidation sites excluding steroid dienone is 2. The topological polar surface area (TPSA) is 77.5 Å². The molecule has 0 radical (unpaired) electrons. The van der Waals surface area contributed by atoms with E-state index in [-0.39, 0.29) is 29.6 Å². The van der Waals surface area contributed by atoms with Crippen molar-refractivity contribution in [2.24, 2.45) is 0 Å². The molecule has 2 N–H and O–H groups in total. The molecule has 2 atom stereocenters. The van der Waals surface area contributed by atoms with Gasteiger partial charge in [-0.2, -0.15) is 0 Å². The van der Waals surface area contributed by atoms with Crippen LogP contribution in [-0.2, 0) is 14.3 Å². The van der Waals surface area contributed by atoms with E-state index in [1.165, 1.54) is 23.2 Å². The van der Waals surface area contributed by atoms with Gasteiger partial charge in [-0.15, -0.1) is 0 Å². The van der Waals surface area contributed by atoms with Crippen LogP contribution in [0.3, 0.4) is 0 Å². The molecule has 0 amide bonds. The molecule has 0 saturated carbocycles. The molecule has 36 heavy (non-hydrogen) atoms. The summed E-state index contributed by atoms with van der Waals surface area (Å²) in [6, 6.07) is 3.07. The van der Waals surface area contributed by atoms with Gasteiger partial charge in [0.15, 0.2) is 11.6 Å². The molecule has 5 rings (SSSR count). The number of benzene rings is 1. The molecule has 2 saturated heterocycles. The Morgan fingerprint density at radius 3 is 2.67 bits per heavy atom. The summed E-state index contributed by atoms with van der Waals surface area (Å²) in [6.45, 7) is 2.21. The summed E-state index contributed by atoms with van der Waals surface area (Å²) in [5.41, 5.74) is 0.390. The van der Waals surface area contributed by atoms with E-state index in [9.17, 15) is 18.7 Å². The van der Waals surface area contributed by atoms with Crippen LogP contribution in [0.5, 0.6) is 0 Å². The van der Waals surface area contributed by atoms with Crippen LogP contribution in [0.25, 0.3) is 0 Å². The van der Waals surface area contributed by atoms with Crippen LogP contribution in [0.1, 0.15) is 19.3 Å². The Bertz CT molecular complexity index is 1140. The maximum atomic E-state index is 15.3. The Hall–Kier alpha value is -3.02. The molecule has 1 aromatic rings. The monoisotopic (exact) mass is 506 g/mol. The summed E-state index contributed by atoms with van der Waals surface area (Å²) >= 11 is 0. The lowest BCUT2D eigenvalue weighted by atomic mass is 9.95. The van der Waals surface area contributed by atoms with Crippen molar-refractivity contribution in [3.63, 3.8) is 0 Å². The number of rotatable bonds is 5. The number of carbonyl (C=O) groups is 1. The van der Waals surface area contributed by atoms with E-state index in [2.05, 4.69) is 5.32 Å². The lowest BCUT2D eigenvalue weighted by molar-refractivity contribution is -0.193. The van der Waals surface area contributed by atoms with Crippen molar-refractivity contribution < 1.29 is 32.5 Å². The number of piperidine rings is 1. The largest absolute Gasteiger partial charge is 0.478 e. The first-order valence-corrected chi connectivity index (χ1v) is 11.9. The number of anilines is 1. The summed E-state index contributed by atoms with van der Waals surface area (Å²) in [5, 5.41) is 12.7. The van der Waals surface area contributed by atoms with Crippen LogP contribution >= 0.6 is 0 Å². The van der Waals surface area contributed by atoms with Crippen molar-refractivity contribution in [3.8, 4) is 0 Å². The Kier molecular flexibility index (Phi) is 6.48. The molecular formula is C25H29F3N4O4. The Morgan fingerprint density at radius 1 is 1.25 bits per heavy atom. The lowest BCUT2D eigenvalue weighted by Crippen LogP contribution is -2.54. The highest BCUT2D eigenvalue weighted by Crippen LogP contribution is 2.39. The average Bonchev–Trinajstić information content (AvgIpc) is 3.19. The van der Waals surface area contributed by atoms with Gasteiger partial charge in [0.1, 0.15) is 23.6 Å². The number of nitrogens with one attached hydrogen (secondary N) is 1. The highest BCUT2D eigenvalue weighted by atomic mass is 19.1. The number of halogens is 3. The normalized spacial score (nSPS) is 25.6. The minimum atomic E-state index is -1.19. The SMILES string of the molecule is CN(C)CC1COC2(CCN(C3=C(F)C=C4CC(C(=O)O)=CN(c5ccc(F)cc5F)C4N3)CC2)O1. The summed E-state index contributed by atoms with van der Waals surface area (Å²) in [7, 11) is 3.95. The molecule has 194 valence electrons. The molecule has 1 aromatic carbocycles. The third-order valence-corrected chi connectivity index (χ3v) is 6.92. The van der Waals surface area contributed by atoms with Gasteiger partial charge in [-0.1, -0.05) is 0 Å². The maximum absolute atomic E-state index is 15.3. The fraction of sp³-hybridized carbons (Fsp3) is 0.480. The molecular weight excluding hydrogens is 477 g/mol. The molecule has 0 bridgehead atoms. The number of carboxylic acid groups (broad SMARTS) is 1. The molecule has 8 nitrogen and oxygen atoms in total. The third kappa shape index (κ3) is 4.70. The van der Waals surface area contributed by atoms with Gasteiger partial charge < -0.3 is 34.6 Å². The molecule has 0 aliphatic carbocycles. The van der Waals surface area contributed by atoms with Crippen LogP contribution < -0.4 is 10.2 Å². The van der Waals surface area contributed by atoms with Crippen LogP contribution in [0.2, 0.25) is 0 Å². The maximum Gasteiger partial charge on any atom is 0.333 e. The van der Waals surface area contributed by atoms with Crippen molar-refractivity contribution >= 4 is 11.7 Å². The molecule has 2 fully saturated rings. The number of aliphatic carboxylic acids is 1. The van der Waals surface area contributed by atoms with Gasteiger partial charge in [-0.05, 0) is 37.9 Å². The first-order chi connectivity index (χ1) is 17.1. The van der Waals surface area contributed by atoms with E-state index in [4.69, 9.17) is 9.47 Å². The lowest BCUT2D eigenvalue weighted by Gasteiger charge is -2.45. The van der Waals surface area contributed by atoms with Crippen LogP contribution in [-0.4, -0.2) is 79.3 Å². The Morgan fingerprint density at radius 2 is 2.00 bits per heavy atom. The van der Waals surface area contributed by atoms with Gasteiger partial charge in [-0.25, -0.2) is 18.0 Å². The zero-order valence-corrected chi connectivity index (χ0v) is 20.1. The Labute approximate surface area is 207 Å². The Balaban J connectivity index is 1.36. The summed E-state index contributed by atoms with van der Waals surface area (Å²) < 4.78 is 55.7. The zero-order chi connectivity index (χ0) is 25.6.